The van der Waals surface area contributed by atoms with Gasteiger partial charge in [0.05, 0.1) is 5.56 Å². The van der Waals surface area contributed by atoms with E-state index in [0.29, 0.717) is 5.56 Å². The first-order chi connectivity index (χ1) is 8.99. The number of sulfonamides is 1. The number of rotatable bonds is 2. The van der Waals surface area contributed by atoms with Gasteiger partial charge in [-0.1, -0.05) is 6.07 Å². The van der Waals surface area contributed by atoms with Crippen LogP contribution >= 0.6 is 0 Å². The Bertz CT molecular complexity index is 703. The van der Waals surface area contributed by atoms with E-state index in [1.165, 1.54) is 19.9 Å². The van der Waals surface area contributed by atoms with Gasteiger partial charge in [0.15, 0.2) is 0 Å². The monoisotopic (exact) mass is 306 g/mol. The number of carbonyl (C=O) groups is 1. The number of benzene rings is 1. The number of hydrogen-bond donors (Lipinski definition) is 1. The topological polar surface area (TPSA) is 87.0 Å². The van der Waals surface area contributed by atoms with Gasteiger partial charge in [-0.25, -0.2) is 13.1 Å². The summed E-state index contributed by atoms with van der Waals surface area (Å²) in [5.74, 6) is -2.61. The highest BCUT2D eigenvalue weighted by atomic mass is 32.2. The molecule has 1 N–H and O–H groups in total. The fourth-order valence-electron chi connectivity index (χ4n) is 1.52. The second-order valence-corrected chi connectivity index (χ2v) is 5.65. The molecule has 5 nitrogen and oxygen atoms in total. The molecule has 0 aliphatic heterocycles. The summed E-state index contributed by atoms with van der Waals surface area (Å²) in [6.45, 7) is 2.95. The Morgan fingerprint density at radius 1 is 1.30 bits per heavy atom. The molecule has 0 aromatic heterocycles. The molecule has 0 atom stereocenters. The number of alkyl halides is 3. The largest absolute Gasteiger partial charge is 0.472 e. The average molecular weight is 306 g/mol. The molecular formula is C11H9F3N2O3S. The van der Waals surface area contributed by atoms with Crippen molar-refractivity contribution in [1.82, 2.24) is 4.72 Å². The van der Waals surface area contributed by atoms with Crippen molar-refractivity contribution in [3.05, 3.63) is 28.8 Å². The third-order valence-corrected chi connectivity index (χ3v) is 3.68. The maximum atomic E-state index is 12.1. The summed E-state index contributed by atoms with van der Waals surface area (Å²) in [4.78, 5) is 10.1. The minimum atomic E-state index is -5.33. The fraction of sp³-hybridized carbons (Fsp3) is 0.273. The van der Waals surface area contributed by atoms with Crippen LogP contribution < -0.4 is 4.72 Å². The SMILES string of the molecule is Cc1cc(C)c(C#N)c(S(=O)(=O)NC(=O)C(F)(F)F)c1. The van der Waals surface area contributed by atoms with E-state index in [0.717, 1.165) is 10.8 Å². The van der Waals surface area contributed by atoms with Gasteiger partial charge in [0.2, 0.25) is 0 Å². The highest BCUT2D eigenvalue weighted by molar-refractivity contribution is 7.90. The molecule has 0 unspecified atom stereocenters. The van der Waals surface area contributed by atoms with Gasteiger partial charge in [0.1, 0.15) is 11.0 Å². The normalized spacial score (nSPS) is 11.8. The van der Waals surface area contributed by atoms with Gasteiger partial charge in [-0.05, 0) is 31.0 Å². The summed E-state index contributed by atoms with van der Waals surface area (Å²) in [6, 6.07) is 4.13. The maximum Gasteiger partial charge on any atom is 0.472 e. The van der Waals surface area contributed by atoms with Gasteiger partial charge in [0.25, 0.3) is 10.0 Å². The summed E-state index contributed by atoms with van der Waals surface area (Å²) < 4.78 is 60.8. The third kappa shape index (κ3) is 3.27. The summed E-state index contributed by atoms with van der Waals surface area (Å²) >= 11 is 0. The lowest BCUT2D eigenvalue weighted by Crippen LogP contribution is -2.40. The fourth-order valence-corrected chi connectivity index (χ4v) is 2.80. The van der Waals surface area contributed by atoms with E-state index in [4.69, 9.17) is 5.26 Å². The number of hydrogen-bond acceptors (Lipinski definition) is 4. The van der Waals surface area contributed by atoms with Gasteiger partial charge in [-0.3, -0.25) is 4.79 Å². The van der Waals surface area contributed by atoms with Gasteiger partial charge in [-0.2, -0.15) is 18.4 Å². The quantitative estimate of drug-likeness (QED) is 0.898. The Morgan fingerprint density at radius 2 is 1.85 bits per heavy atom. The lowest BCUT2D eigenvalue weighted by molar-refractivity contribution is -0.171. The van der Waals surface area contributed by atoms with Crippen molar-refractivity contribution in [3.8, 4) is 6.07 Å². The molecule has 0 radical (unpaired) electrons. The number of nitrogens with one attached hydrogen (secondary N) is 1. The Kier molecular flexibility index (Phi) is 4.10. The Labute approximate surface area is 113 Å². The summed E-state index contributed by atoms with van der Waals surface area (Å²) in [7, 11) is -4.77. The molecule has 108 valence electrons. The minimum Gasteiger partial charge on any atom is -0.263 e. The zero-order chi connectivity index (χ0) is 15.7. The molecule has 20 heavy (non-hydrogen) atoms. The van der Waals surface area contributed by atoms with Crippen molar-refractivity contribution >= 4 is 15.9 Å². The van der Waals surface area contributed by atoms with E-state index in [2.05, 4.69) is 0 Å². The van der Waals surface area contributed by atoms with Crippen LogP contribution in [0, 0.1) is 25.2 Å². The van der Waals surface area contributed by atoms with Crippen molar-refractivity contribution in [2.24, 2.45) is 0 Å². The minimum absolute atomic E-state index is 0.285. The summed E-state index contributed by atoms with van der Waals surface area (Å²) in [5.41, 5.74) is 0.409. The van der Waals surface area contributed by atoms with Gasteiger partial charge in [0, 0.05) is 0 Å². The lowest BCUT2D eigenvalue weighted by atomic mass is 10.1. The summed E-state index contributed by atoms with van der Waals surface area (Å²) in [6.07, 6.45) is -5.33. The first-order valence-electron chi connectivity index (χ1n) is 5.14. The van der Waals surface area contributed by atoms with Crippen LogP contribution in [0.1, 0.15) is 16.7 Å². The van der Waals surface area contributed by atoms with Crippen LogP contribution in [0.3, 0.4) is 0 Å². The Hall–Kier alpha value is -2.08. The van der Waals surface area contributed by atoms with E-state index in [1.54, 1.807) is 6.07 Å². The highest BCUT2D eigenvalue weighted by Gasteiger charge is 2.41. The van der Waals surface area contributed by atoms with Crippen LogP contribution in [0.15, 0.2) is 17.0 Å². The van der Waals surface area contributed by atoms with Crippen molar-refractivity contribution in [2.75, 3.05) is 0 Å². The van der Waals surface area contributed by atoms with E-state index in [-0.39, 0.29) is 11.1 Å². The molecule has 0 saturated carbocycles. The molecule has 0 saturated heterocycles. The molecule has 1 rings (SSSR count). The third-order valence-electron chi connectivity index (χ3n) is 2.33. The number of aryl methyl sites for hydroxylation is 2. The number of nitriles is 1. The average Bonchev–Trinajstić information content (AvgIpc) is 2.26. The first kappa shape index (κ1) is 16.0. The molecule has 1 amide bonds. The van der Waals surface area contributed by atoms with Gasteiger partial charge in [-0.15, -0.1) is 0 Å². The summed E-state index contributed by atoms with van der Waals surface area (Å²) in [5, 5.41) is 8.90. The molecule has 1 aromatic rings. The molecule has 0 aliphatic rings. The highest BCUT2D eigenvalue weighted by Crippen LogP contribution is 2.22. The molecule has 0 spiro atoms. The molecule has 0 aliphatic carbocycles. The van der Waals surface area contributed by atoms with Crippen LogP contribution in [-0.4, -0.2) is 20.5 Å². The predicted molar refractivity (Wildman–Crippen MR) is 62.0 cm³/mol. The molecule has 0 fully saturated rings. The zero-order valence-electron chi connectivity index (χ0n) is 10.4. The van der Waals surface area contributed by atoms with Crippen LogP contribution in [0.4, 0.5) is 13.2 Å². The van der Waals surface area contributed by atoms with Crippen molar-refractivity contribution in [3.63, 3.8) is 0 Å². The Balaban J connectivity index is 3.38. The number of nitrogens with zero attached hydrogens (tertiary/aromatic N) is 1. The van der Waals surface area contributed by atoms with Crippen LogP contribution in [0.2, 0.25) is 0 Å². The predicted octanol–water partition coefficient (Wildman–Crippen LogP) is 1.54. The van der Waals surface area contributed by atoms with Crippen LogP contribution in [0.25, 0.3) is 0 Å². The van der Waals surface area contributed by atoms with E-state index in [1.807, 2.05) is 0 Å². The molecule has 9 heteroatoms. The molecule has 0 bridgehead atoms. The van der Waals surface area contributed by atoms with E-state index >= 15 is 0 Å². The van der Waals surface area contributed by atoms with Crippen molar-refractivity contribution in [1.29, 1.82) is 5.26 Å². The first-order valence-corrected chi connectivity index (χ1v) is 6.62. The standard InChI is InChI=1S/C11H9F3N2O3S/c1-6-3-7(2)8(5-15)9(4-6)20(18,19)16-10(17)11(12,13)14/h3-4H,1-2H3,(H,16,17). The van der Waals surface area contributed by atoms with Gasteiger partial charge >= 0.3 is 12.1 Å². The lowest BCUT2D eigenvalue weighted by Gasteiger charge is -2.12. The number of halogens is 3. The zero-order valence-corrected chi connectivity index (χ0v) is 11.2. The van der Waals surface area contributed by atoms with Gasteiger partial charge < -0.3 is 0 Å². The van der Waals surface area contributed by atoms with Crippen LogP contribution in [0.5, 0.6) is 0 Å². The number of amides is 1. The molecule has 0 heterocycles. The van der Waals surface area contributed by atoms with Crippen molar-refractivity contribution in [2.45, 2.75) is 24.9 Å². The molecular weight excluding hydrogens is 297 g/mol. The number of carbonyl (C=O) groups excluding carboxylic acids is 1. The smallest absolute Gasteiger partial charge is 0.263 e. The van der Waals surface area contributed by atoms with Crippen LogP contribution in [-0.2, 0) is 14.8 Å². The van der Waals surface area contributed by atoms with E-state index < -0.39 is 27.0 Å². The molecule has 1 aromatic carbocycles. The van der Waals surface area contributed by atoms with E-state index in [9.17, 15) is 26.4 Å². The Morgan fingerprint density at radius 3 is 2.30 bits per heavy atom. The maximum absolute atomic E-state index is 12.1. The van der Waals surface area contributed by atoms with Crippen molar-refractivity contribution < 1.29 is 26.4 Å². The second-order valence-electron chi connectivity index (χ2n) is 4.00. The second kappa shape index (κ2) is 5.13.